The van der Waals surface area contributed by atoms with E-state index in [1.54, 1.807) is 10.8 Å². The zero-order valence-corrected chi connectivity index (χ0v) is 29.9. The molecule has 2 aliphatic heterocycles. The number of thioether (sulfide) groups is 1. The van der Waals surface area contributed by atoms with Crippen LogP contribution in [0.4, 0.5) is 16.6 Å². The molecule has 3 amide bonds. The van der Waals surface area contributed by atoms with Gasteiger partial charge < -0.3 is 52.7 Å². The van der Waals surface area contributed by atoms with Crippen molar-refractivity contribution in [3.8, 4) is 5.75 Å². The molecule has 5 rings (SSSR count). The molecule has 0 aliphatic carbocycles. The topological polar surface area (TPSA) is 326 Å². The molecule has 54 heavy (non-hydrogen) atoms. The number of β-lactam (4-membered cyclic amide) rings is 1. The van der Waals surface area contributed by atoms with Crippen molar-refractivity contribution >= 4 is 81.1 Å². The summed E-state index contributed by atoms with van der Waals surface area (Å²) >= 11 is 2.19. The molecule has 2 aliphatic rings. The fraction of sp³-hybridized carbons (Fsp3) is 0.290. The second-order valence-electron chi connectivity index (χ2n) is 12.1. The van der Waals surface area contributed by atoms with E-state index in [1.807, 2.05) is 0 Å². The molecule has 11 N–H and O–H groups in total. The van der Waals surface area contributed by atoms with Crippen LogP contribution in [0.5, 0.6) is 5.75 Å². The number of carboxylic acids is 3. The van der Waals surface area contributed by atoms with Gasteiger partial charge in [-0.3, -0.25) is 19.3 Å². The lowest BCUT2D eigenvalue weighted by Gasteiger charge is -2.49. The van der Waals surface area contributed by atoms with Gasteiger partial charge in [0.2, 0.25) is 5.60 Å². The lowest BCUT2D eigenvalue weighted by Crippen LogP contribution is -2.71. The largest absolute Gasteiger partial charge is 0.507 e. The number of carboxylic acid groups (broad SMARTS) is 3. The van der Waals surface area contributed by atoms with Crippen molar-refractivity contribution in [2.75, 3.05) is 35.6 Å². The third-order valence-corrected chi connectivity index (χ3v) is 9.91. The molecule has 21 nitrogen and oxygen atoms in total. The normalized spacial score (nSPS) is 16.9. The average molecular weight is 786 g/mol. The number of hydrogen-bond donors (Lipinski definition) is 9. The first kappa shape index (κ1) is 38.7. The number of nitrogen functional groups attached to an aromatic ring is 2. The molecule has 3 aromatic rings. The van der Waals surface area contributed by atoms with Crippen molar-refractivity contribution in [3.63, 3.8) is 0 Å². The van der Waals surface area contributed by atoms with Crippen LogP contribution in [0.25, 0.3) is 0 Å². The van der Waals surface area contributed by atoms with Gasteiger partial charge in [-0.25, -0.2) is 23.9 Å². The van der Waals surface area contributed by atoms with Crippen LogP contribution < -0.4 is 32.0 Å². The standard InChI is InChI=1S/C31H32N10O11S2/c1-31(2,29(50)51)52-39-19(17-11-54-30(33)37-17)24(44)38-20-25(45)41-21(28(48)49)14(10-53-26(20)41)8-40-9-16(22(32)36-12-40)34-5-6-35-23(43)13-3-4-18(42)15(7-13)27(46)47/h3-4,7,9,11-12,20,26,32,34H,5-6,8,10H2,1-2H3,(H8,33,35,37,38,42,43,44,46,47,48,49,50,51)/p+1/b39-19-/t20-,26?/m1/s1. The van der Waals surface area contributed by atoms with Gasteiger partial charge in [-0.1, -0.05) is 5.16 Å². The van der Waals surface area contributed by atoms with Crippen LogP contribution in [0.1, 0.15) is 40.3 Å². The summed E-state index contributed by atoms with van der Waals surface area (Å²) in [5, 5.41) is 50.9. The van der Waals surface area contributed by atoms with E-state index in [0.717, 1.165) is 28.4 Å². The minimum atomic E-state index is -1.81. The summed E-state index contributed by atoms with van der Waals surface area (Å²) in [6, 6.07) is 2.26. The Labute approximate surface area is 312 Å². The van der Waals surface area contributed by atoms with Gasteiger partial charge in [0.15, 0.2) is 10.8 Å². The Morgan fingerprint density at radius 2 is 1.87 bits per heavy atom. The van der Waals surface area contributed by atoms with Crippen molar-refractivity contribution in [3.05, 3.63) is 64.2 Å². The Balaban J connectivity index is 1.24. The molecule has 1 saturated heterocycles. The van der Waals surface area contributed by atoms with Gasteiger partial charge in [0.25, 0.3) is 29.9 Å². The summed E-state index contributed by atoms with van der Waals surface area (Å²) in [5.41, 5.74) is 9.49. The maximum atomic E-state index is 13.4. The molecular formula is C31H33N10O11S2+. The number of aromatic nitrogens is 3. The van der Waals surface area contributed by atoms with Crippen molar-refractivity contribution in [2.45, 2.75) is 37.4 Å². The molecule has 23 heteroatoms. The number of aliphatic carboxylic acids is 2. The Morgan fingerprint density at radius 3 is 2.52 bits per heavy atom. The first-order valence-electron chi connectivity index (χ1n) is 15.6. The van der Waals surface area contributed by atoms with Crippen LogP contribution in [-0.4, -0.2) is 112 Å². The molecule has 1 unspecified atom stereocenters. The number of amides is 3. The molecule has 0 radical (unpaired) electrons. The number of thiazole rings is 1. The maximum Gasteiger partial charge on any atom is 0.352 e. The SMILES string of the molecule is CC(C)(O/N=C(\C(=O)N[C@@H]1C(=O)N2C(C(=O)O)=C(C[n+]3cnc(N)c(NCCNC(=O)c4ccc(O)c(C(=O)O)c4)c3)CSC12)c1csc(N)n1)C(=O)O. The number of anilines is 3. The van der Waals surface area contributed by atoms with Crippen molar-refractivity contribution in [1.29, 1.82) is 0 Å². The van der Waals surface area contributed by atoms with E-state index in [-0.39, 0.29) is 53.3 Å². The average Bonchev–Trinajstić information content (AvgIpc) is 3.55. The van der Waals surface area contributed by atoms with Crippen LogP contribution in [-0.2, 0) is 30.6 Å². The second-order valence-corrected chi connectivity index (χ2v) is 14.1. The van der Waals surface area contributed by atoms with E-state index >= 15 is 0 Å². The number of aromatic carboxylic acids is 1. The number of nitrogens with zero attached hydrogens (tertiary/aromatic N) is 5. The molecular weight excluding hydrogens is 753 g/mol. The Bertz CT molecular complexity index is 2120. The van der Waals surface area contributed by atoms with Gasteiger partial charge in [0.1, 0.15) is 52.5 Å². The second kappa shape index (κ2) is 15.6. The number of nitrogens with one attached hydrogen (secondary N) is 3. The molecule has 0 spiro atoms. The number of phenols is 1. The number of oxime groups is 1. The number of carbonyl (C=O) groups is 6. The lowest BCUT2D eigenvalue weighted by molar-refractivity contribution is -0.691. The number of carbonyl (C=O) groups excluding carboxylic acids is 3. The number of aromatic hydroxyl groups is 1. The molecule has 284 valence electrons. The summed E-state index contributed by atoms with van der Waals surface area (Å²) in [5.74, 6) is -6.57. The third-order valence-electron chi connectivity index (χ3n) is 7.90. The van der Waals surface area contributed by atoms with Gasteiger partial charge in [-0.05, 0) is 37.0 Å². The molecule has 1 aromatic carbocycles. The van der Waals surface area contributed by atoms with E-state index in [9.17, 15) is 49.2 Å². The summed E-state index contributed by atoms with van der Waals surface area (Å²) < 4.78 is 1.55. The number of hydrogen-bond acceptors (Lipinski definition) is 16. The Morgan fingerprint density at radius 1 is 1.13 bits per heavy atom. The van der Waals surface area contributed by atoms with Crippen LogP contribution in [0.3, 0.4) is 0 Å². The van der Waals surface area contributed by atoms with Crippen molar-refractivity contribution < 1.29 is 58.6 Å². The van der Waals surface area contributed by atoms with Crippen LogP contribution >= 0.6 is 23.1 Å². The highest BCUT2D eigenvalue weighted by molar-refractivity contribution is 8.00. The quantitative estimate of drug-likeness (QED) is 0.0301. The molecule has 0 bridgehead atoms. The predicted octanol–water partition coefficient (Wildman–Crippen LogP) is -0.742. The molecule has 0 saturated carbocycles. The van der Waals surface area contributed by atoms with Gasteiger partial charge in [-0.15, -0.1) is 23.1 Å². The van der Waals surface area contributed by atoms with Crippen molar-refractivity contribution in [2.24, 2.45) is 5.16 Å². The summed E-state index contributed by atoms with van der Waals surface area (Å²) in [7, 11) is 0. The van der Waals surface area contributed by atoms with E-state index in [2.05, 4.69) is 31.1 Å². The summed E-state index contributed by atoms with van der Waals surface area (Å²) in [6.45, 7) is 2.67. The van der Waals surface area contributed by atoms with Gasteiger partial charge >= 0.3 is 17.9 Å². The third kappa shape index (κ3) is 8.25. The first-order valence-corrected chi connectivity index (χ1v) is 17.6. The molecule has 2 atom stereocenters. The number of fused-ring (bicyclic) bond motifs is 1. The van der Waals surface area contributed by atoms with Gasteiger partial charge in [-0.2, -0.15) is 0 Å². The van der Waals surface area contributed by atoms with Crippen LogP contribution in [0.2, 0.25) is 0 Å². The fourth-order valence-corrected chi connectivity index (χ4v) is 6.94. The fourth-order valence-electron chi connectivity index (χ4n) is 5.05. The Hall–Kier alpha value is -6.49. The number of nitrogens with two attached hydrogens (primary N) is 2. The monoisotopic (exact) mass is 785 g/mol. The highest BCUT2D eigenvalue weighted by atomic mass is 32.2. The molecule has 1 fully saturated rings. The maximum absolute atomic E-state index is 13.4. The lowest BCUT2D eigenvalue weighted by atomic mass is 10.0. The zero-order valence-electron chi connectivity index (χ0n) is 28.3. The summed E-state index contributed by atoms with van der Waals surface area (Å²) in [6.07, 6.45) is 2.93. The highest BCUT2D eigenvalue weighted by Crippen LogP contribution is 2.40. The van der Waals surface area contributed by atoms with Crippen molar-refractivity contribution in [1.82, 2.24) is 25.5 Å². The van der Waals surface area contributed by atoms with E-state index in [4.69, 9.17) is 16.3 Å². The minimum absolute atomic E-state index is 0.00757. The van der Waals surface area contributed by atoms with E-state index < -0.39 is 69.7 Å². The van der Waals surface area contributed by atoms with Gasteiger partial charge in [0.05, 0.1) is 0 Å². The van der Waals surface area contributed by atoms with Crippen LogP contribution in [0.15, 0.2) is 52.5 Å². The molecule has 2 aromatic heterocycles. The number of benzene rings is 1. The molecule has 4 heterocycles. The predicted molar refractivity (Wildman–Crippen MR) is 190 cm³/mol. The Kier molecular flexibility index (Phi) is 11.2. The first-order chi connectivity index (χ1) is 25.5. The highest BCUT2D eigenvalue weighted by Gasteiger charge is 2.54. The summed E-state index contributed by atoms with van der Waals surface area (Å²) in [4.78, 5) is 88.8. The zero-order chi connectivity index (χ0) is 39.5. The minimum Gasteiger partial charge on any atom is -0.507 e. The van der Waals surface area contributed by atoms with E-state index in [1.165, 1.54) is 43.4 Å². The smallest absolute Gasteiger partial charge is 0.352 e. The number of rotatable bonds is 15. The van der Waals surface area contributed by atoms with Gasteiger partial charge in [0, 0.05) is 35.4 Å². The van der Waals surface area contributed by atoms with E-state index in [0.29, 0.717) is 11.3 Å². The van der Waals surface area contributed by atoms with Crippen LogP contribution in [0, 0.1) is 0 Å².